The molecule has 2 aromatic heterocycles. The molecule has 0 bridgehead atoms. The topological polar surface area (TPSA) is 66.1 Å². The number of anilines is 1. The maximum Gasteiger partial charge on any atom is 0.225 e. The van der Waals surface area contributed by atoms with Gasteiger partial charge in [0.15, 0.2) is 10.9 Å². The summed E-state index contributed by atoms with van der Waals surface area (Å²) in [5, 5.41) is 3.00. The summed E-state index contributed by atoms with van der Waals surface area (Å²) in [7, 11) is 1.64. The Hall–Kier alpha value is -2.80. The molecule has 0 atom stereocenters. The maximum atomic E-state index is 13.2. The third-order valence-electron chi connectivity index (χ3n) is 3.58. The van der Waals surface area contributed by atoms with Gasteiger partial charge in [0.1, 0.15) is 5.82 Å². The Labute approximate surface area is 141 Å². The minimum absolute atomic E-state index is 0.109. The summed E-state index contributed by atoms with van der Waals surface area (Å²) >= 11 is 1.32. The molecule has 24 heavy (non-hydrogen) atoms. The summed E-state index contributed by atoms with van der Waals surface area (Å²) < 4.78 is 13.2. The molecule has 1 N–H and O–H groups in total. The van der Waals surface area contributed by atoms with Gasteiger partial charge in [-0.05, 0) is 30.4 Å². The van der Waals surface area contributed by atoms with Gasteiger partial charge in [-0.3, -0.25) is 14.5 Å². The number of rotatable bonds is 4. The van der Waals surface area contributed by atoms with Crippen LogP contribution in [0.1, 0.15) is 23.0 Å². The number of hydrogen-bond donors (Lipinski definition) is 1. The van der Waals surface area contributed by atoms with Crippen molar-refractivity contribution >= 4 is 45.1 Å². The number of benzene rings is 1. The number of aromatic nitrogens is 2. The lowest BCUT2D eigenvalue weighted by Gasteiger charge is -2.09. The molecule has 0 spiro atoms. The van der Waals surface area contributed by atoms with Crippen molar-refractivity contribution in [2.75, 3.05) is 11.9 Å². The summed E-state index contributed by atoms with van der Waals surface area (Å²) in [5.74, 6) is -0.673. The largest absolute Gasteiger partial charge is 0.360 e. The molecule has 1 amide bonds. The second-order valence-corrected chi connectivity index (χ2v) is 6.06. The summed E-state index contributed by atoms with van der Waals surface area (Å²) in [6.45, 7) is 1.46. The third kappa shape index (κ3) is 3.11. The van der Waals surface area contributed by atoms with Gasteiger partial charge in [-0.2, -0.15) is 0 Å². The number of aromatic amines is 1. The Morgan fingerprint density at radius 1 is 1.38 bits per heavy atom. The second-order valence-electron chi connectivity index (χ2n) is 5.22. The number of carbonyl (C=O) groups excluding carboxylic acids is 2. The summed E-state index contributed by atoms with van der Waals surface area (Å²) in [6, 6.07) is 4.24. The van der Waals surface area contributed by atoms with Crippen LogP contribution in [-0.4, -0.2) is 28.7 Å². The molecule has 3 aromatic rings. The number of fused-ring (bicyclic) bond motifs is 1. The highest BCUT2D eigenvalue weighted by atomic mass is 32.1. The fourth-order valence-electron chi connectivity index (χ4n) is 2.19. The number of nitrogens with zero attached hydrogens (tertiary/aromatic N) is 2. The molecule has 0 aliphatic rings. The molecule has 0 unspecified atom stereocenters. The molecule has 3 rings (SSSR count). The van der Waals surface area contributed by atoms with Gasteiger partial charge in [0, 0.05) is 42.0 Å². The molecule has 0 fully saturated rings. The van der Waals surface area contributed by atoms with Crippen molar-refractivity contribution in [3.63, 3.8) is 0 Å². The smallest absolute Gasteiger partial charge is 0.225 e. The molecule has 0 radical (unpaired) electrons. The number of halogens is 1. The van der Waals surface area contributed by atoms with Crippen LogP contribution < -0.4 is 4.90 Å². The maximum absolute atomic E-state index is 13.2. The predicted molar refractivity (Wildman–Crippen MR) is 92.8 cm³/mol. The normalized spacial score (nSPS) is 11.3. The summed E-state index contributed by atoms with van der Waals surface area (Å²) in [5.41, 5.74) is 1.64. The standard InChI is InChI=1S/C17H14FN3O2S/c1-10(22)21(2)17-20-12(9-24-17)4-6-16(23)14-8-19-15-7-11(18)3-5-13(14)15/h3-9,19H,1-2H3/b6-4+. The number of nitrogens with one attached hydrogen (secondary N) is 1. The van der Waals surface area contributed by atoms with Crippen molar-refractivity contribution in [2.24, 2.45) is 0 Å². The Balaban J connectivity index is 1.81. The van der Waals surface area contributed by atoms with E-state index in [9.17, 15) is 14.0 Å². The van der Waals surface area contributed by atoms with Crippen LogP contribution >= 0.6 is 11.3 Å². The molecule has 0 aliphatic carbocycles. The minimum atomic E-state index is -0.358. The van der Waals surface area contributed by atoms with Crippen LogP contribution in [0.15, 0.2) is 35.9 Å². The van der Waals surface area contributed by atoms with E-state index in [0.717, 1.165) is 0 Å². The Bertz CT molecular complexity index is 958. The quantitative estimate of drug-likeness (QED) is 0.581. The highest BCUT2D eigenvalue weighted by molar-refractivity contribution is 7.14. The number of thiazole rings is 1. The summed E-state index contributed by atoms with van der Waals surface area (Å²) in [4.78, 5) is 32.3. The minimum Gasteiger partial charge on any atom is -0.360 e. The first-order valence-electron chi connectivity index (χ1n) is 7.14. The molecular formula is C17H14FN3O2S. The van der Waals surface area contributed by atoms with E-state index in [1.807, 2.05) is 0 Å². The number of carbonyl (C=O) groups is 2. The van der Waals surface area contributed by atoms with Gasteiger partial charge in [0.25, 0.3) is 0 Å². The molecule has 0 aliphatic heterocycles. The lowest BCUT2D eigenvalue weighted by Crippen LogP contribution is -2.22. The van der Waals surface area contributed by atoms with E-state index in [1.165, 1.54) is 41.4 Å². The first-order chi connectivity index (χ1) is 11.5. The Kier molecular flexibility index (Phi) is 4.26. The first-order valence-corrected chi connectivity index (χ1v) is 8.02. The number of allylic oxidation sites excluding steroid dienone is 1. The van der Waals surface area contributed by atoms with E-state index in [-0.39, 0.29) is 17.5 Å². The van der Waals surface area contributed by atoms with Crippen LogP contribution in [-0.2, 0) is 4.79 Å². The number of ketones is 1. The SMILES string of the molecule is CC(=O)N(C)c1nc(/C=C/C(=O)c2c[nH]c3cc(F)ccc23)cs1. The highest BCUT2D eigenvalue weighted by Gasteiger charge is 2.11. The van der Waals surface area contributed by atoms with E-state index >= 15 is 0 Å². The zero-order valence-electron chi connectivity index (χ0n) is 13.0. The molecule has 7 heteroatoms. The predicted octanol–water partition coefficient (Wildman–Crippen LogP) is 3.64. The van der Waals surface area contributed by atoms with Crippen molar-refractivity contribution in [1.82, 2.24) is 9.97 Å². The lowest BCUT2D eigenvalue weighted by atomic mass is 10.1. The van der Waals surface area contributed by atoms with Crippen LogP contribution in [0.25, 0.3) is 17.0 Å². The Morgan fingerprint density at radius 3 is 2.92 bits per heavy atom. The average Bonchev–Trinajstić information content (AvgIpc) is 3.18. The zero-order valence-corrected chi connectivity index (χ0v) is 13.9. The number of H-pyrrole nitrogens is 1. The van der Waals surface area contributed by atoms with E-state index in [0.29, 0.717) is 27.3 Å². The van der Waals surface area contributed by atoms with Gasteiger partial charge < -0.3 is 4.98 Å². The van der Waals surface area contributed by atoms with Crippen LogP contribution in [0.3, 0.4) is 0 Å². The van der Waals surface area contributed by atoms with Gasteiger partial charge in [-0.1, -0.05) is 0 Å². The number of amides is 1. The molecule has 2 heterocycles. The molecule has 122 valence electrons. The molecule has 1 aromatic carbocycles. The van der Waals surface area contributed by atoms with Gasteiger partial charge >= 0.3 is 0 Å². The van der Waals surface area contributed by atoms with E-state index < -0.39 is 0 Å². The Morgan fingerprint density at radius 2 is 2.17 bits per heavy atom. The van der Waals surface area contributed by atoms with Crippen LogP contribution in [0, 0.1) is 5.82 Å². The van der Waals surface area contributed by atoms with E-state index in [1.54, 1.807) is 30.8 Å². The van der Waals surface area contributed by atoms with Crippen LogP contribution in [0.4, 0.5) is 9.52 Å². The molecular weight excluding hydrogens is 329 g/mol. The highest BCUT2D eigenvalue weighted by Crippen LogP contribution is 2.22. The lowest BCUT2D eigenvalue weighted by molar-refractivity contribution is -0.116. The van der Waals surface area contributed by atoms with Crippen molar-refractivity contribution in [1.29, 1.82) is 0 Å². The summed E-state index contributed by atoms with van der Waals surface area (Å²) in [6.07, 6.45) is 4.57. The molecule has 0 saturated heterocycles. The van der Waals surface area contributed by atoms with E-state index in [4.69, 9.17) is 0 Å². The van der Waals surface area contributed by atoms with Crippen molar-refractivity contribution in [3.8, 4) is 0 Å². The van der Waals surface area contributed by atoms with Crippen molar-refractivity contribution < 1.29 is 14.0 Å². The third-order valence-corrected chi connectivity index (χ3v) is 4.52. The van der Waals surface area contributed by atoms with Crippen LogP contribution in [0.2, 0.25) is 0 Å². The average molecular weight is 343 g/mol. The first kappa shape index (κ1) is 16.1. The monoisotopic (exact) mass is 343 g/mol. The van der Waals surface area contributed by atoms with Gasteiger partial charge in [-0.15, -0.1) is 11.3 Å². The van der Waals surface area contributed by atoms with Crippen molar-refractivity contribution in [2.45, 2.75) is 6.92 Å². The zero-order chi connectivity index (χ0) is 17.3. The van der Waals surface area contributed by atoms with E-state index in [2.05, 4.69) is 9.97 Å². The van der Waals surface area contributed by atoms with Gasteiger partial charge in [-0.25, -0.2) is 9.37 Å². The van der Waals surface area contributed by atoms with Gasteiger partial charge in [0.05, 0.1) is 5.69 Å². The van der Waals surface area contributed by atoms with Crippen LogP contribution in [0.5, 0.6) is 0 Å². The molecule has 0 saturated carbocycles. The van der Waals surface area contributed by atoms with Crippen molar-refractivity contribution in [3.05, 3.63) is 52.9 Å². The number of hydrogen-bond acceptors (Lipinski definition) is 4. The second kappa shape index (κ2) is 6.37. The fraction of sp³-hybridized carbons (Fsp3) is 0.118. The fourth-order valence-corrected chi connectivity index (χ4v) is 3.00. The van der Waals surface area contributed by atoms with Gasteiger partial charge in [0.2, 0.25) is 5.91 Å². The molecule has 5 nitrogen and oxygen atoms in total.